The molecule has 186 valence electrons. The van der Waals surface area contributed by atoms with E-state index in [1.807, 2.05) is 60.7 Å². The molecule has 3 amide bonds. The topological polar surface area (TPSA) is 119 Å². The van der Waals surface area contributed by atoms with Crippen molar-refractivity contribution in [3.63, 3.8) is 0 Å². The minimum atomic E-state index is -0.854. The molecule has 1 heterocycles. The van der Waals surface area contributed by atoms with Crippen LogP contribution in [0.25, 0.3) is 10.8 Å². The first-order valence-corrected chi connectivity index (χ1v) is 12.0. The molecule has 8 nitrogen and oxygen atoms in total. The molecule has 8 heteroatoms. The SMILES string of the molecule is C[C@H](N)C(=O)N[C@@H](Cc1ccccc1)C(=O)COc1ccc2ccccc2c1N1C(=O)CCCC1=O. The predicted octanol–water partition coefficient (Wildman–Crippen LogP) is 2.91. The van der Waals surface area contributed by atoms with Gasteiger partial charge in [0.15, 0.2) is 5.78 Å². The average Bonchev–Trinajstić information content (AvgIpc) is 2.87. The second kappa shape index (κ2) is 11.1. The third kappa shape index (κ3) is 5.60. The maximum absolute atomic E-state index is 13.2. The molecule has 1 fully saturated rings. The van der Waals surface area contributed by atoms with E-state index in [2.05, 4.69) is 5.32 Å². The van der Waals surface area contributed by atoms with E-state index in [-0.39, 0.29) is 49.2 Å². The first kappa shape index (κ1) is 25.1. The Kier molecular flexibility index (Phi) is 7.75. The van der Waals surface area contributed by atoms with Gasteiger partial charge in [-0.05, 0) is 36.8 Å². The minimum absolute atomic E-state index is 0.252. The number of nitrogens with two attached hydrogens (primary N) is 1. The lowest BCUT2D eigenvalue weighted by Gasteiger charge is -2.28. The number of amides is 3. The maximum atomic E-state index is 13.2. The van der Waals surface area contributed by atoms with E-state index in [1.54, 1.807) is 13.0 Å². The van der Waals surface area contributed by atoms with E-state index in [1.165, 1.54) is 4.90 Å². The second-order valence-electron chi connectivity index (χ2n) is 8.90. The molecule has 36 heavy (non-hydrogen) atoms. The van der Waals surface area contributed by atoms with Gasteiger partial charge in [0.05, 0.1) is 12.1 Å². The van der Waals surface area contributed by atoms with E-state index in [0.717, 1.165) is 10.9 Å². The quantitative estimate of drug-likeness (QED) is 0.448. The number of rotatable bonds is 9. The highest BCUT2D eigenvalue weighted by Gasteiger charge is 2.32. The van der Waals surface area contributed by atoms with E-state index >= 15 is 0 Å². The average molecular weight is 488 g/mol. The Hall–Kier alpha value is -4.04. The first-order chi connectivity index (χ1) is 17.3. The highest BCUT2D eigenvalue weighted by atomic mass is 16.5. The Labute approximate surface area is 209 Å². The molecule has 0 aliphatic carbocycles. The van der Waals surface area contributed by atoms with Crippen molar-refractivity contribution >= 4 is 40.0 Å². The number of hydrogen-bond acceptors (Lipinski definition) is 6. The number of Topliss-reactive ketones (excluding diaryl/α,β-unsaturated/α-hetero) is 1. The lowest BCUT2D eigenvalue weighted by atomic mass is 10.0. The molecule has 0 saturated carbocycles. The van der Waals surface area contributed by atoms with Crippen LogP contribution in [-0.4, -0.2) is 42.2 Å². The fourth-order valence-electron chi connectivity index (χ4n) is 4.23. The second-order valence-corrected chi connectivity index (χ2v) is 8.90. The Morgan fingerprint density at radius 2 is 1.64 bits per heavy atom. The van der Waals surface area contributed by atoms with Crippen LogP contribution in [0.1, 0.15) is 31.7 Å². The molecule has 0 spiro atoms. The van der Waals surface area contributed by atoms with Crippen LogP contribution in [0.2, 0.25) is 0 Å². The van der Waals surface area contributed by atoms with Gasteiger partial charge in [-0.15, -0.1) is 0 Å². The summed E-state index contributed by atoms with van der Waals surface area (Å²) < 4.78 is 5.94. The van der Waals surface area contributed by atoms with Crippen LogP contribution in [0.5, 0.6) is 5.75 Å². The zero-order chi connectivity index (χ0) is 25.7. The van der Waals surface area contributed by atoms with Gasteiger partial charge in [-0.3, -0.25) is 19.2 Å². The van der Waals surface area contributed by atoms with E-state index in [4.69, 9.17) is 10.5 Å². The Morgan fingerprint density at radius 1 is 0.972 bits per heavy atom. The number of carbonyl (C=O) groups excluding carboxylic acids is 4. The molecular formula is C28H29N3O5. The van der Waals surface area contributed by atoms with Gasteiger partial charge >= 0.3 is 0 Å². The normalized spacial score (nSPS) is 15.4. The molecule has 1 aliphatic heterocycles. The van der Waals surface area contributed by atoms with Crippen molar-refractivity contribution < 1.29 is 23.9 Å². The van der Waals surface area contributed by atoms with Gasteiger partial charge in [-0.25, -0.2) is 4.90 Å². The number of fused-ring (bicyclic) bond motifs is 1. The summed E-state index contributed by atoms with van der Waals surface area (Å²) in [5.74, 6) is -1.15. The summed E-state index contributed by atoms with van der Waals surface area (Å²) in [6.45, 7) is 1.18. The summed E-state index contributed by atoms with van der Waals surface area (Å²) in [5, 5.41) is 4.23. The molecule has 1 saturated heterocycles. The number of ether oxygens (including phenoxy) is 1. The van der Waals surface area contributed by atoms with Crippen LogP contribution in [-0.2, 0) is 25.6 Å². The summed E-state index contributed by atoms with van der Waals surface area (Å²) in [4.78, 5) is 52.2. The number of nitrogens with one attached hydrogen (secondary N) is 1. The largest absolute Gasteiger partial charge is 0.484 e. The van der Waals surface area contributed by atoms with Crippen LogP contribution in [0.4, 0.5) is 5.69 Å². The molecule has 0 radical (unpaired) electrons. The van der Waals surface area contributed by atoms with Gasteiger partial charge in [0, 0.05) is 18.2 Å². The number of imide groups is 1. The fraction of sp³-hybridized carbons (Fsp3) is 0.286. The third-order valence-electron chi connectivity index (χ3n) is 6.14. The molecule has 1 aliphatic rings. The third-order valence-corrected chi connectivity index (χ3v) is 6.14. The molecule has 0 unspecified atom stereocenters. The molecule has 3 N–H and O–H groups in total. The summed E-state index contributed by atoms with van der Waals surface area (Å²) in [6, 6.07) is 18.5. The van der Waals surface area contributed by atoms with E-state index in [0.29, 0.717) is 17.5 Å². The predicted molar refractivity (Wildman–Crippen MR) is 137 cm³/mol. The van der Waals surface area contributed by atoms with Gasteiger partial charge < -0.3 is 15.8 Å². The summed E-state index contributed by atoms with van der Waals surface area (Å²) in [6.07, 6.45) is 1.30. The molecule has 0 aromatic heterocycles. The van der Waals surface area contributed by atoms with Crippen LogP contribution < -0.4 is 20.7 Å². The zero-order valence-electron chi connectivity index (χ0n) is 20.1. The minimum Gasteiger partial charge on any atom is -0.484 e. The Bertz CT molecular complexity index is 1270. The van der Waals surface area contributed by atoms with E-state index < -0.39 is 18.0 Å². The van der Waals surface area contributed by atoms with Crippen molar-refractivity contribution in [2.24, 2.45) is 5.73 Å². The number of benzene rings is 3. The lowest BCUT2D eigenvalue weighted by Crippen LogP contribution is -2.49. The first-order valence-electron chi connectivity index (χ1n) is 12.0. The van der Waals surface area contributed by atoms with Crippen molar-refractivity contribution in [3.05, 3.63) is 72.3 Å². The van der Waals surface area contributed by atoms with Gasteiger partial charge in [0.1, 0.15) is 18.0 Å². The van der Waals surface area contributed by atoms with Gasteiger partial charge in [0.2, 0.25) is 17.7 Å². The van der Waals surface area contributed by atoms with Crippen LogP contribution in [0, 0.1) is 0 Å². The van der Waals surface area contributed by atoms with Crippen molar-refractivity contribution in [1.82, 2.24) is 5.32 Å². The highest BCUT2D eigenvalue weighted by Crippen LogP contribution is 2.38. The molecule has 2 atom stereocenters. The molecule has 3 aromatic carbocycles. The molecule has 4 rings (SSSR count). The molecular weight excluding hydrogens is 458 g/mol. The van der Waals surface area contributed by atoms with Crippen molar-refractivity contribution in [2.45, 2.75) is 44.7 Å². The van der Waals surface area contributed by atoms with Crippen LogP contribution >= 0.6 is 0 Å². The smallest absolute Gasteiger partial charge is 0.237 e. The molecule has 0 bridgehead atoms. The summed E-state index contributed by atoms with van der Waals surface area (Å²) in [7, 11) is 0. The lowest BCUT2D eigenvalue weighted by molar-refractivity contribution is -0.129. The Balaban J connectivity index is 1.62. The zero-order valence-corrected chi connectivity index (χ0v) is 20.1. The Morgan fingerprint density at radius 3 is 2.33 bits per heavy atom. The van der Waals surface area contributed by atoms with Crippen molar-refractivity contribution in [1.29, 1.82) is 0 Å². The van der Waals surface area contributed by atoms with Gasteiger partial charge in [-0.1, -0.05) is 60.7 Å². The number of anilines is 1. The number of nitrogens with zero attached hydrogens (tertiary/aromatic N) is 1. The van der Waals surface area contributed by atoms with Crippen molar-refractivity contribution in [2.75, 3.05) is 11.5 Å². The standard InChI is InChI=1S/C28H29N3O5/c1-18(29)28(35)30-22(16-19-8-3-2-4-9-19)23(32)17-36-24-15-14-20-10-5-6-11-21(20)27(24)31-25(33)12-7-13-26(31)34/h2-6,8-11,14-15,18,22H,7,12-13,16-17,29H2,1H3,(H,30,35)/t18-,22-/m0/s1. The highest BCUT2D eigenvalue weighted by molar-refractivity contribution is 6.21. The van der Waals surface area contributed by atoms with Gasteiger partial charge in [0.25, 0.3) is 0 Å². The van der Waals surface area contributed by atoms with Crippen molar-refractivity contribution in [3.8, 4) is 5.75 Å². The fourth-order valence-corrected chi connectivity index (χ4v) is 4.23. The number of ketones is 1. The number of carbonyl (C=O) groups is 4. The monoisotopic (exact) mass is 487 g/mol. The van der Waals surface area contributed by atoms with Crippen LogP contribution in [0.15, 0.2) is 66.7 Å². The number of hydrogen-bond donors (Lipinski definition) is 2. The van der Waals surface area contributed by atoms with E-state index in [9.17, 15) is 19.2 Å². The summed E-state index contributed by atoms with van der Waals surface area (Å²) >= 11 is 0. The van der Waals surface area contributed by atoms with Gasteiger partial charge in [-0.2, -0.15) is 0 Å². The van der Waals surface area contributed by atoms with Crippen LogP contribution in [0.3, 0.4) is 0 Å². The summed E-state index contributed by atoms with van der Waals surface area (Å²) in [5.41, 5.74) is 6.91. The molecule has 3 aromatic rings. The number of piperidine rings is 1. The maximum Gasteiger partial charge on any atom is 0.237 e.